The fraction of sp³-hybridized carbons (Fsp3) is 0.150. The molecular formula is C20H19N3O3. The van der Waals surface area contributed by atoms with Crippen LogP contribution in [0.25, 0.3) is 11.1 Å². The number of carbonyl (C=O) groups excluding carboxylic acids is 1. The van der Waals surface area contributed by atoms with Crippen molar-refractivity contribution in [1.82, 2.24) is 14.9 Å². The van der Waals surface area contributed by atoms with Gasteiger partial charge in [0.2, 0.25) is 5.91 Å². The van der Waals surface area contributed by atoms with E-state index in [-0.39, 0.29) is 12.5 Å². The van der Waals surface area contributed by atoms with Crippen molar-refractivity contribution in [1.29, 1.82) is 0 Å². The van der Waals surface area contributed by atoms with E-state index in [2.05, 4.69) is 35.4 Å². The number of nitrogens with one attached hydrogen (secondary N) is 2. The average Bonchev–Trinajstić information content (AvgIpc) is 2.63. The van der Waals surface area contributed by atoms with Crippen LogP contribution in [-0.4, -0.2) is 15.5 Å². The van der Waals surface area contributed by atoms with Gasteiger partial charge in [0, 0.05) is 18.8 Å². The quantitative estimate of drug-likeness (QED) is 0.737. The molecule has 132 valence electrons. The molecule has 6 heteroatoms. The molecule has 0 saturated carbocycles. The van der Waals surface area contributed by atoms with Gasteiger partial charge in [0.15, 0.2) is 0 Å². The molecule has 1 heterocycles. The number of benzene rings is 2. The number of aromatic amines is 1. The number of hydrogen-bond donors (Lipinski definition) is 2. The smallest absolute Gasteiger partial charge is 0.328 e. The summed E-state index contributed by atoms with van der Waals surface area (Å²) in [5, 5.41) is 2.77. The van der Waals surface area contributed by atoms with Gasteiger partial charge in [-0.25, -0.2) is 4.79 Å². The normalized spacial score (nSPS) is 10.5. The van der Waals surface area contributed by atoms with Crippen LogP contribution in [0.15, 0.2) is 70.4 Å². The van der Waals surface area contributed by atoms with Crippen molar-refractivity contribution in [2.24, 2.45) is 0 Å². The van der Waals surface area contributed by atoms with Crippen LogP contribution in [-0.2, 0) is 17.9 Å². The summed E-state index contributed by atoms with van der Waals surface area (Å²) in [4.78, 5) is 36.7. The summed E-state index contributed by atoms with van der Waals surface area (Å²) < 4.78 is 1.15. The predicted octanol–water partition coefficient (Wildman–Crippen LogP) is 1.83. The molecule has 0 aliphatic rings. The van der Waals surface area contributed by atoms with Crippen molar-refractivity contribution < 1.29 is 4.79 Å². The van der Waals surface area contributed by atoms with E-state index in [1.165, 1.54) is 17.8 Å². The minimum atomic E-state index is -0.602. The van der Waals surface area contributed by atoms with Gasteiger partial charge in [-0.15, -0.1) is 0 Å². The van der Waals surface area contributed by atoms with Crippen molar-refractivity contribution in [2.75, 3.05) is 0 Å². The highest BCUT2D eigenvalue weighted by Gasteiger charge is 2.05. The first kappa shape index (κ1) is 17.4. The Morgan fingerprint density at radius 3 is 2.50 bits per heavy atom. The lowest BCUT2D eigenvalue weighted by atomic mass is 10.0. The molecule has 6 nitrogen and oxygen atoms in total. The Morgan fingerprint density at radius 2 is 1.81 bits per heavy atom. The fourth-order valence-electron chi connectivity index (χ4n) is 2.62. The summed E-state index contributed by atoms with van der Waals surface area (Å²) in [5.74, 6) is -0.304. The molecule has 0 fully saturated rings. The summed E-state index contributed by atoms with van der Waals surface area (Å²) in [5.41, 5.74) is 3.34. The van der Waals surface area contributed by atoms with Gasteiger partial charge in [0.05, 0.1) is 0 Å². The zero-order valence-electron chi connectivity index (χ0n) is 14.4. The number of nitrogens with zero attached hydrogens (tertiary/aromatic N) is 1. The van der Waals surface area contributed by atoms with Crippen molar-refractivity contribution >= 4 is 5.91 Å². The van der Waals surface area contributed by atoms with Gasteiger partial charge in [0.1, 0.15) is 6.54 Å². The first-order valence-electron chi connectivity index (χ1n) is 8.24. The summed E-state index contributed by atoms with van der Waals surface area (Å²) in [6, 6.07) is 17.4. The molecule has 0 bridgehead atoms. The monoisotopic (exact) mass is 349 g/mol. The summed E-state index contributed by atoms with van der Waals surface area (Å²) in [6.45, 7) is 2.28. The first-order valence-corrected chi connectivity index (χ1v) is 8.24. The van der Waals surface area contributed by atoms with Crippen molar-refractivity contribution in [3.63, 3.8) is 0 Å². The molecule has 3 aromatic rings. The maximum Gasteiger partial charge on any atom is 0.328 e. The third kappa shape index (κ3) is 4.36. The van der Waals surface area contributed by atoms with Crippen molar-refractivity contribution in [2.45, 2.75) is 20.0 Å². The highest BCUT2D eigenvalue weighted by atomic mass is 16.2. The number of H-pyrrole nitrogens is 1. The maximum absolute atomic E-state index is 12.0. The Kier molecular flexibility index (Phi) is 5.12. The van der Waals surface area contributed by atoms with Crippen LogP contribution < -0.4 is 16.6 Å². The second-order valence-electron chi connectivity index (χ2n) is 6.08. The molecule has 0 aliphatic carbocycles. The molecule has 0 aliphatic heterocycles. The van der Waals surface area contributed by atoms with E-state index in [1.807, 2.05) is 30.3 Å². The van der Waals surface area contributed by atoms with E-state index < -0.39 is 11.2 Å². The van der Waals surface area contributed by atoms with Crippen LogP contribution in [0.5, 0.6) is 0 Å². The number of aryl methyl sites for hydroxylation is 1. The van der Waals surface area contributed by atoms with Crippen LogP contribution in [0.3, 0.4) is 0 Å². The Morgan fingerprint density at radius 1 is 1.04 bits per heavy atom. The van der Waals surface area contributed by atoms with E-state index >= 15 is 0 Å². The molecule has 2 aromatic carbocycles. The Bertz CT molecular complexity index is 1030. The van der Waals surface area contributed by atoms with Gasteiger partial charge in [-0.2, -0.15) is 0 Å². The Hall–Kier alpha value is -3.41. The van der Waals surface area contributed by atoms with Gasteiger partial charge in [0.25, 0.3) is 5.56 Å². The van der Waals surface area contributed by atoms with E-state index in [0.717, 1.165) is 21.3 Å². The zero-order valence-corrected chi connectivity index (χ0v) is 14.4. The minimum absolute atomic E-state index is 0.142. The third-order valence-corrected chi connectivity index (χ3v) is 4.01. The van der Waals surface area contributed by atoms with Crippen molar-refractivity contribution in [3.05, 3.63) is 92.8 Å². The number of carbonyl (C=O) groups is 1. The minimum Gasteiger partial charge on any atom is -0.350 e. The van der Waals surface area contributed by atoms with E-state index in [0.29, 0.717) is 6.54 Å². The number of aromatic nitrogens is 2. The predicted molar refractivity (Wildman–Crippen MR) is 99.8 cm³/mol. The topological polar surface area (TPSA) is 84.0 Å². The summed E-state index contributed by atoms with van der Waals surface area (Å²) in [6.07, 6.45) is 1.30. The van der Waals surface area contributed by atoms with Gasteiger partial charge >= 0.3 is 5.69 Å². The average molecular weight is 349 g/mol. The maximum atomic E-state index is 12.0. The molecule has 0 saturated heterocycles. The lowest BCUT2D eigenvalue weighted by Crippen LogP contribution is -2.35. The number of hydrogen-bond acceptors (Lipinski definition) is 3. The van der Waals surface area contributed by atoms with Crippen LogP contribution in [0, 0.1) is 6.92 Å². The van der Waals surface area contributed by atoms with E-state index in [9.17, 15) is 14.4 Å². The number of rotatable bonds is 5. The molecule has 1 amide bonds. The van der Waals surface area contributed by atoms with Gasteiger partial charge in [-0.1, -0.05) is 54.1 Å². The van der Waals surface area contributed by atoms with Crippen LogP contribution in [0.1, 0.15) is 11.1 Å². The van der Waals surface area contributed by atoms with Crippen LogP contribution in [0.2, 0.25) is 0 Å². The standard InChI is InChI=1S/C20H19N3O3/c1-14-3-2-4-17(11-14)16-7-5-15(6-8-16)12-21-19(25)13-23-10-9-18(24)22-20(23)26/h2-11H,12-13H2,1H3,(H,21,25)(H,22,24,26). The Labute approximate surface area is 150 Å². The second-order valence-corrected chi connectivity index (χ2v) is 6.08. The van der Waals surface area contributed by atoms with E-state index in [1.54, 1.807) is 0 Å². The fourth-order valence-corrected chi connectivity index (χ4v) is 2.62. The lowest BCUT2D eigenvalue weighted by molar-refractivity contribution is -0.121. The van der Waals surface area contributed by atoms with Gasteiger partial charge < -0.3 is 5.32 Å². The molecule has 3 rings (SSSR count). The molecular weight excluding hydrogens is 330 g/mol. The Balaban J connectivity index is 1.60. The largest absolute Gasteiger partial charge is 0.350 e. The molecule has 0 radical (unpaired) electrons. The third-order valence-electron chi connectivity index (χ3n) is 4.01. The van der Waals surface area contributed by atoms with Gasteiger partial charge in [-0.05, 0) is 23.6 Å². The SMILES string of the molecule is Cc1cccc(-c2ccc(CNC(=O)Cn3ccc(=O)[nH]c3=O)cc2)c1. The highest BCUT2D eigenvalue weighted by molar-refractivity contribution is 5.75. The molecule has 2 N–H and O–H groups in total. The zero-order chi connectivity index (χ0) is 18.5. The van der Waals surface area contributed by atoms with E-state index in [4.69, 9.17) is 0 Å². The lowest BCUT2D eigenvalue weighted by Gasteiger charge is -2.08. The molecule has 0 atom stereocenters. The van der Waals surface area contributed by atoms with Crippen LogP contribution in [0.4, 0.5) is 0 Å². The number of amides is 1. The van der Waals surface area contributed by atoms with Crippen molar-refractivity contribution in [3.8, 4) is 11.1 Å². The van der Waals surface area contributed by atoms with Gasteiger partial charge in [-0.3, -0.25) is 19.1 Å². The molecule has 0 spiro atoms. The molecule has 1 aromatic heterocycles. The molecule has 26 heavy (non-hydrogen) atoms. The molecule has 0 unspecified atom stereocenters. The second kappa shape index (κ2) is 7.65. The highest BCUT2D eigenvalue weighted by Crippen LogP contribution is 2.20. The van der Waals surface area contributed by atoms with Crippen LogP contribution >= 0.6 is 0 Å². The summed E-state index contributed by atoms with van der Waals surface area (Å²) in [7, 11) is 0. The summed E-state index contributed by atoms with van der Waals surface area (Å²) >= 11 is 0. The first-order chi connectivity index (χ1) is 12.5.